The Morgan fingerprint density at radius 1 is 1.36 bits per heavy atom. The maximum absolute atomic E-state index is 12.3. The molecule has 0 spiro atoms. The highest BCUT2D eigenvalue weighted by Gasteiger charge is 2.32. The number of nitrogens with zero attached hydrogens (tertiary/aromatic N) is 1. The number of ether oxygens (including phenoxy) is 3. The second-order valence-electron chi connectivity index (χ2n) is 5.97. The van der Waals surface area contributed by atoms with Gasteiger partial charge >= 0.3 is 0 Å². The lowest BCUT2D eigenvalue weighted by Crippen LogP contribution is -2.55. The zero-order valence-electron chi connectivity index (χ0n) is 13.0. The smallest absolute Gasteiger partial charge is 0.227 e. The number of amides is 1. The van der Waals surface area contributed by atoms with Gasteiger partial charge in [0.05, 0.1) is 32.8 Å². The number of benzene rings is 1. The van der Waals surface area contributed by atoms with Crippen molar-refractivity contribution in [2.75, 3.05) is 40.0 Å². The van der Waals surface area contributed by atoms with E-state index in [-0.39, 0.29) is 12.0 Å². The van der Waals surface area contributed by atoms with Crippen molar-refractivity contribution in [2.45, 2.75) is 18.9 Å². The summed E-state index contributed by atoms with van der Waals surface area (Å²) in [7, 11) is 1.63. The van der Waals surface area contributed by atoms with Crippen molar-refractivity contribution in [3.8, 4) is 5.75 Å². The molecule has 1 aromatic carbocycles. The standard InChI is InChI=1S/C17H23NO4/c1-20-16-5-3-2-4-14(16)8-17(19)18-9-15(10-18)22-12-13-6-7-21-11-13/h2-5,13,15H,6-12H2,1H3. The lowest BCUT2D eigenvalue weighted by molar-refractivity contribution is -0.145. The number of para-hydroxylation sites is 1. The van der Waals surface area contributed by atoms with Gasteiger partial charge in [-0.1, -0.05) is 18.2 Å². The van der Waals surface area contributed by atoms with E-state index >= 15 is 0 Å². The van der Waals surface area contributed by atoms with Crippen LogP contribution < -0.4 is 4.74 Å². The molecule has 3 rings (SSSR count). The van der Waals surface area contributed by atoms with Crippen molar-refractivity contribution in [3.63, 3.8) is 0 Å². The second-order valence-corrected chi connectivity index (χ2v) is 5.97. The van der Waals surface area contributed by atoms with Gasteiger partial charge in [-0.2, -0.15) is 0 Å². The number of rotatable bonds is 6. The first-order valence-corrected chi connectivity index (χ1v) is 7.85. The number of likely N-dealkylation sites (tertiary alicyclic amines) is 1. The summed E-state index contributed by atoms with van der Waals surface area (Å²) in [6.07, 6.45) is 1.65. The first kappa shape index (κ1) is 15.3. The molecule has 0 radical (unpaired) electrons. The molecule has 0 aliphatic carbocycles. The molecule has 120 valence electrons. The molecule has 0 aromatic heterocycles. The van der Waals surface area contributed by atoms with Crippen LogP contribution in [0.15, 0.2) is 24.3 Å². The molecule has 22 heavy (non-hydrogen) atoms. The van der Waals surface area contributed by atoms with Gasteiger partial charge in [0.25, 0.3) is 0 Å². The van der Waals surface area contributed by atoms with Gasteiger partial charge in [0.1, 0.15) is 5.75 Å². The minimum Gasteiger partial charge on any atom is -0.496 e. The molecular weight excluding hydrogens is 282 g/mol. The third-order valence-corrected chi connectivity index (χ3v) is 4.33. The van der Waals surface area contributed by atoms with Crippen molar-refractivity contribution in [1.82, 2.24) is 4.90 Å². The molecule has 2 heterocycles. The molecule has 1 aromatic rings. The van der Waals surface area contributed by atoms with Crippen LogP contribution in [0.5, 0.6) is 5.75 Å². The Kier molecular flexibility index (Phi) is 4.95. The summed E-state index contributed by atoms with van der Waals surface area (Å²) in [6, 6.07) is 7.66. The maximum Gasteiger partial charge on any atom is 0.227 e. The van der Waals surface area contributed by atoms with Gasteiger partial charge in [-0.05, 0) is 12.5 Å². The van der Waals surface area contributed by atoms with Crippen molar-refractivity contribution >= 4 is 5.91 Å². The summed E-state index contributed by atoms with van der Waals surface area (Å²) < 4.78 is 16.5. The molecule has 5 heteroatoms. The topological polar surface area (TPSA) is 48.0 Å². The maximum atomic E-state index is 12.3. The minimum absolute atomic E-state index is 0.133. The number of carbonyl (C=O) groups is 1. The summed E-state index contributed by atoms with van der Waals surface area (Å²) in [5.74, 6) is 1.43. The Morgan fingerprint density at radius 3 is 2.91 bits per heavy atom. The highest BCUT2D eigenvalue weighted by atomic mass is 16.5. The van der Waals surface area contributed by atoms with Crippen LogP contribution in [0, 0.1) is 5.92 Å². The number of hydrogen-bond acceptors (Lipinski definition) is 4. The quantitative estimate of drug-likeness (QED) is 0.799. The Bertz CT molecular complexity index is 507. The van der Waals surface area contributed by atoms with Crippen LogP contribution >= 0.6 is 0 Å². The molecule has 2 saturated heterocycles. The molecule has 5 nitrogen and oxygen atoms in total. The van der Waals surface area contributed by atoms with Crippen LogP contribution in [-0.2, 0) is 20.7 Å². The number of carbonyl (C=O) groups excluding carboxylic acids is 1. The Hall–Kier alpha value is -1.59. The van der Waals surface area contributed by atoms with E-state index in [9.17, 15) is 4.79 Å². The highest BCUT2D eigenvalue weighted by molar-refractivity contribution is 5.80. The normalized spacial score (nSPS) is 21.7. The highest BCUT2D eigenvalue weighted by Crippen LogP contribution is 2.21. The fraction of sp³-hybridized carbons (Fsp3) is 0.588. The lowest BCUT2D eigenvalue weighted by Gasteiger charge is -2.39. The zero-order chi connectivity index (χ0) is 15.4. The largest absolute Gasteiger partial charge is 0.496 e. The number of methoxy groups -OCH3 is 1. The lowest BCUT2D eigenvalue weighted by atomic mass is 10.1. The molecule has 1 amide bonds. The van der Waals surface area contributed by atoms with Crippen molar-refractivity contribution < 1.29 is 19.0 Å². The zero-order valence-corrected chi connectivity index (χ0v) is 13.0. The van der Waals surface area contributed by atoms with Gasteiger partial charge in [-0.3, -0.25) is 4.79 Å². The Morgan fingerprint density at radius 2 is 2.18 bits per heavy atom. The molecule has 2 aliphatic heterocycles. The van der Waals surface area contributed by atoms with Crippen LogP contribution in [0.25, 0.3) is 0 Å². The predicted molar refractivity (Wildman–Crippen MR) is 81.9 cm³/mol. The van der Waals surface area contributed by atoms with E-state index in [4.69, 9.17) is 14.2 Å². The predicted octanol–water partition coefficient (Wildman–Crippen LogP) is 1.50. The molecule has 2 fully saturated rings. The fourth-order valence-corrected chi connectivity index (χ4v) is 2.86. The van der Waals surface area contributed by atoms with E-state index in [2.05, 4.69) is 0 Å². The van der Waals surface area contributed by atoms with E-state index in [1.54, 1.807) is 7.11 Å². The number of hydrogen-bond donors (Lipinski definition) is 0. The van der Waals surface area contributed by atoms with E-state index in [1.165, 1.54) is 0 Å². The van der Waals surface area contributed by atoms with Gasteiger partial charge in [-0.25, -0.2) is 0 Å². The average Bonchev–Trinajstić information content (AvgIpc) is 2.99. The molecule has 2 aliphatic rings. The van der Waals surface area contributed by atoms with Gasteiger partial charge in [0.15, 0.2) is 0 Å². The minimum atomic E-state index is 0.133. The summed E-state index contributed by atoms with van der Waals surface area (Å²) in [5, 5.41) is 0. The monoisotopic (exact) mass is 305 g/mol. The van der Waals surface area contributed by atoms with Gasteiger partial charge in [0.2, 0.25) is 5.91 Å². The molecule has 0 saturated carbocycles. The van der Waals surface area contributed by atoms with Gasteiger partial charge in [-0.15, -0.1) is 0 Å². The first-order chi connectivity index (χ1) is 10.8. The van der Waals surface area contributed by atoms with E-state index < -0.39 is 0 Å². The first-order valence-electron chi connectivity index (χ1n) is 7.85. The second kappa shape index (κ2) is 7.11. The van der Waals surface area contributed by atoms with Crippen LogP contribution in [-0.4, -0.2) is 56.9 Å². The Balaban J connectivity index is 1.41. The van der Waals surface area contributed by atoms with Crippen molar-refractivity contribution in [3.05, 3.63) is 29.8 Å². The third kappa shape index (κ3) is 3.59. The van der Waals surface area contributed by atoms with Gasteiger partial charge in [0, 0.05) is 31.2 Å². The molecule has 1 unspecified atom stereocenters. The molecule has 0 bridgehead atoms. The molecule has 0 N–H and O–H groups in total. The third-order valence-electron chi connectivity index (χ3n) is 4.33. The summed E-state index contributed by atoms with van der Waals surface area (Å²) >= 11 is 0. The summed E-state index contributed by atoms with van der Waals surface area (Å²) in [5.41, 5.74) is 0.933. The summed E-state index contributed by atoms with van der Waals surface area (Å²) in [6.45, 7) is 3.80. The molecular formula is C17H23NO4. The Labute approximate surface area is 131 Å². The summed E-state index contributed by atoms with van der Waals surface area (Å²) in [4.78, 5) is 14.1. The SMILES string of the molecule is COc1ccccc1CC(=O)N1CC(OCC2CCOC2)C1. The van der Waals surface area contributed by atoms with Crippen LogP contribution in [0.3, 0.4) is 0 Å². The van der Waals surface area contributed by atoms with Crippen molar-refractivity contribution in [1.29, 1.82) is 0 Å². The van der Waals surface area contributed by atoms with Crippen LogP contribution in [0.2, 0.25) is 0 Å². The van der Waals surface area contributed by atoms with E-state index in [0.29, 0.717) is 25.4 Å². The van der Waals surface area contributed by atoms with Crippen molar-refractivity contribution in [2.24, 2.45) is 5.92 Å². The average molecular weight is 305 g/mol. The molecule has 1 atom stereocenters. The van der Waals surface area contributed by atoms with E-state index in [1.807, 2.05) is 29.2 Å². The fourth-order valence-electron chi connectivity index (χ4n) is 2.86. The van der Waals surface area contributed by atoms with Gasteiger partial charge < -0.3 is 19.1 Å². The van der Waals surface area contributed by atoms with Crippen LogP contribution in [0.1, 0.15) is 12.0 Å². The van der Waals surface area contributed by atoms with E-state index in [0.717, 1.165) is 37.6 Å². The van der Waals surface area contributed by atoms with Crippen LogP contribution in [0.4, 0.5) is 0 Å².